The van der Waals surface area contributed by atoms with Gasteiger partial charge in [0.15, 0.2) is 0 Å². The van der Waals surface area contributed by atoms with Crippen LogP contribution in [0.1, 0.15) is 32.6 Å². The maximum absolute atomic E-state index is 3.62. The Kier molecular flexibility index (Phi) is 2.29. The van der Waals surface area contributed by atoms with Gasteiger partial charge in [0.2, 0.25) is 0 Å². The number of rotatable bonds is 3. The number of fused-ring (bicyclic) bond motifs is 1. The van der Waals surface area contributed by atoms with Crippen molar-refractivity contribution < 1.29 is 0 Å². The van der Waals surface area contributed by atoms with Crippen molar-refractivity contribution in [1.82, 2.24) is 10.2 Å². The zero-order chi connectivity index (χ0) is 9.54. The lowest BCUT2D eigenvalue weighted by atomic mass is 9.73. The first-order valence-electron chi connectivity index (χ1n) is 6.36. The van der Waals surface area contributed by atoms with Gasteiger partial charge >= 0.3 is 0 Å². The van der Waals surface area contributed by atoms with Crippen molar-refractivity contribution in [2.45, 2.75) is 44.7 Å². The maximum atomic E-state index is 3.62. The fraction of sp³-hybridized carbons (Fsp3) is 1.00. The minimum Gasteiger partial charge on any atom is -0.313 e. The van der Waals surface area contributed by atoms with Gasteiger partial charge in [-0.15, -0.1) is 0 Å². The number of likely N-dealkylation sites (tertiary alicyclic amines) is 1. The number of nitrogens with one attached hydrogen (secondary N) is 1. The normalized spacial score (nSPS) is 46.9. The van der Waals surface area contributed by atoms with Gasteiger partial charge in [-0.2, -0.15) is 0 Å². The molecule has 4 rings (SSSR count). The highest BCUT2D eigenvalue weighted by atomic mass is 15.2. The summed E-state index contributed by atoms with van der Waals surface area (Å²) in [5.74, 6) is 2.03. The predicted molar refractivity (Wildman–Crippen MR) is 58.3 cm³/mol. The average molecular weight is 194 g/mol. The maximum Gasteiger partial charge on any atom is 0.0114 e. The molecule has 14 heavy (non-hydrogen) atoms. The van der Waals surface area contributed by atoms with E-state index in [1.165, 1.54) is 45.3 Å². The van der Waals surface area contributed by atoms with Crippen LogP contribution in [0.15, 0.2) is 0 Å². The van der Waals surface area contributed by atoms with Crippen LogP contribution in [0.5, 0.6) is 0 Å². The van der Waals surface area contributed by atoms with Gasteiger partial charge in [-0.05, 0) is 50.6 Å². The zero-order valence-electron chi connectivity index (χ0n) is 9.21. The van der Waals surface area contributed by atoms with Crippen LogP contribution >= 0.6 is 0 Å². The van der Waals surface area contributed by atoms with Crippen LogP contribution in [0.2, 0.25) is 0 Å². The molecular weight excluding hydrogens is 172 g/mol. The Morgan fingerprint density at radius 2 is 2.36 bits per heavy atom. The van der Waals surface area contributed by atoms with Gasteiger partial charge < -0.3 is 10.2 Å². The molecule has 0 aromatic heterocycles. The lowest BCUT2D eigenvalue weighted by Crippen LogP contribution is -2.46. The summed E-state index contributed by atoms with van der Waals surface area (Å²) >= 11 is 0. The second-order valence-electron chi connectivity index (χ2n) is 5.37. The van der Waals surface area contributed by atoms with E-state index in [9.17, 15) is 0 Å². The highest BCUT2D eigenvalue weighted by Crippen LogP contribution is 2.41. The molecule has 4 aliphatic rings. The fourth-order valence-electron chi connectivity index (χ4n) is 3.73. The standard InChI is InChI=1S/C12H22N2/c1-2-10-4-3-5-14(10)8-11-9-6-12(11)13-7-9/h9-13H,2-8H2,1H3. The van der Waals surface area contributed by atoms with Crippen molar-refractivity contribution in [3.8, 4) is 0 Å². The van der Waals surface area contributed by atoms with E-state index in [1.54, 1.807) is 0 Å². The van der Waals surface area contributed by atoms with Crippen molar-refractivity contribution in [3.05, 3.63) is 0 Å². The van der Waals surface area contributed by atoms with Crippen LogP contribution in [0.3, 0.4) is 0 Å². The smallest absolute Gasteiger partial charge is 0.0114 e. The van der Waals surface area contributed by atoms with Crippen molar-refractivity contribution in [3.63, 3.8) is 0 Å². The number of hydrogen-bond acceptors (Lipinski definition) is 2. The Labute approximate surface area is 87.0 Å². The van der Waals surface area contributed by atoms with Gasteiger partial charge in [0.25, 0.3) is 0 Å². The van der Waals surface area contributed by atoms with Gasteiger partial charge in [-0.1, -0.05) is 6.92 Å². The van der Waals surface area contributed by atoms with Crippen molar-refractivity contribution >= 4 is 0 Å². The van der Waals surface area contributed by atoms with E-state index in [1.807, 2.05) is 0 Å². The highest BCUT2D eigenvalue weighted by Gasteiger charge is 2.47. The minimum absolute atomic E-state index is 0.887. The summed E-state index contributed by atoms with van der Waals surface area (Å²) < 4.78 is 0. The molecule has 1 N–H and O–H groups in total. The molecular formula is C12H22N2. The Bertz CT molecular complexity index is 202. The van der Waals surface area contributed by atoms with E-state index in [4.69, 9.17) is 0 Å². The highest BCUT2D eigenvalue weighted by molar-refractivity contribution is 5.03. The molecule has 4 atom stereocenters. The fourth-order valence-corrected chi connectivity index (χ4v) is 3.73. The molecule has 4 unspecified atom stereocenters. The molecule has 3 aliphatic heterocycles. The van der Waals surface area contributed by atoms with Crippen LogP contribution in [0.4, 0.5) is 0 Å². The summed E-state index contributed by atoms with van der Waals surface area (Å²) in [7, 11) is 0. The second kappa shape index (κ2) is 3.49. The number of nitrogens with zero attached hydrogens (tertiary/aromatic N) is 1. The monoisotopic (exact) mass is 194 g/mol. The SMILES string of the molecule is CCC1CCCN1CC1C2CNC1C2. The lowest BCUT2D eigenvalue weighted by molar-refractivity contribution is 0.122. The molecule has 0 spiro atoms. The molecule has 1 saturated carbocycles. The first kappa shape index (κ1) is 9.17. The summed E-state index contributed by atoms with van der Waals surface area (Å²) in [4.78, 5) is 2.76. The molecule has 2 nitrogen and oxygen atoms in total. The van der Waals surface area contributed by atoms with Crippen LogP contribution in [0, 0.1) is 11.8 Å². The Morgan fingerprint density at radius 3 is 3.00 bits per heavy atom. The Morgan fingerprint density at radius 1 is 1.43 bits per heavy atom. The summed E-state index contributed by atoms with van der Waals surface area (Å²) in [6, 6.07) is 1.80. The summed E-state index contributed by atoms with van der Waals surface area (Å²) in [5.41, 5.74) is 0. The van der Waals surface area contributed by atoms with Crippen LogP contribution in [0.25, 0.3) is 0 Å². The molecule has 4 fully saturated rings. The Hall–Kier alpha value is -0.0800. The summed E-state index contributed by atoms with van der Waals surface area (Å²) in [6.07, 6.45) is 5.71. The van der Waals surface area contributed by atoms with Crippen molar-refractivity contribution in [2.24, 2.45) is 11.8 Å². The first-order chi connectivity index (χ1) is 6.88. The third kappa shape index (κ3) is 1.31. The van der Waals surface area contributed by atoms with Crippen molar-refractivity contribution in [2.75, 3.05) is 19.6 Å². The van der Waals surface area contributed by atoms with Gasteiger partial charge in [0, 0.05) is 18.6 Å². The van der Waals surface area contributed by atoms with E-state index in [0.717, 1.165) is 23.9 Å². The van der Waals surface area contributed by atoms with Crippen molar-refractivity contribution in [1.29, 1.82) is 0 Å². The van der Waals surface area contributed by atoms with E-state index >= 15 is 0 Å². The minimum atomic E-state index is 0.887. The molecule has 0 aromatic rings. The third-order valence-electron chi connectivity index (χ3n) is 4.74. The van der Waals surface area contributed by atoms with E-state index in [2.05, 4.69) is 17.1 Å². The van der Waals surface area contributed by atoms with Gasteiger partial charge in [-0.3, -0.25) is 0 Å². The Balaban J connectivity index is 1.56. The zero-order valence-corrected chi connectivity index (χ0v) is 9.21. The molecule has 0 amide bonds. The quantitative estimate of drug-likeness (QED) is 0.732. The molecule has 3 saturated heterocycles. The molecule has 0 radical (unpaired) electrons. The molecule has 2 heteroatoms. The largest absolute Gasteiger partial charge is 0.313 e. The van der Waals surface area contributed by atoms with Crippen LogP contribution < -0.4 is 5.32 Å². The van der Waals surface area contributed by atoms with E-state index < -0.39 is 0 Å². The van der Waals surface area contributed by atoms with E-state index in [-0.39, 0.29) is 0 Å². The van der Waals surface area contributed by atoms with Gasteiger partial charge in [0.05, 0.1) is 0 Å². The van der Waals surface area contributed by atoms with Gasteiger partial charge in [0.1, 0.15) is 0 Å². The van der Waals surface area contributed by atoms with Crippen LogP contribution in [-0.2, 0) is 0 Å². The summed E-state index contributed by atoms with van der Waals surface area (Å²) in [6.45, 7) is 6.41. The summed E-state index contributed by atoms with van der Waals surface area (Å²) in [5, 5.41) is 3.62. The average Bonchev–Trinajstić information content (AvgIpc) is 2.88. The third-order valence-corrected chi connectivity index (χ3v) is 4.74. The van der Waals surface area contributed by atoms with E-state index in [0.29, 0.717) is 0 Å². The molecule has 80 valence electrons. The van der Waals surface area contributed by atoms with Crippen LogP contribution in [-0.4, -0.2) is 36.6 Å². The molecule has 3 heterocycles. The molecule has 0 aromatic carbocycles. The molecule has 1 aliphatic carbocycles. The lowest BCUT2D eigenvalue weighted by Gasteiger charge is -2.39. The topological polar surface area (TPSA) is 15.3 Å². The van der Waals surface area contributed by atoms with Gasteiger partial charge in [-0.25, -0.2) is 0 Å². The number of hydrogen-bond donors (Lipinski definition) is 1. The second-order valence-corrected chi connectivity index (χ2v) is 5.37. The predicted octanol–water partition coefficient (Wildman–Crippen LogP) is 1.47. The molecule has 2 bridgehead atoms. The first-order valence-corrected chi connectivity index (χ1v) is 6.36.